The highest BCUT2D eigenvalue weighted by Gasteiger charge is 2.29. The molecule has 45 heavy (non-hydrogen) atoms. The van der Waals surface area contributed by atoms with E-state index < -0.39 is 32.4 Å². The summed E-state index contributed by atoms with van der Waals surface area (Å²) in [6.07, 6.45) is 22.9. The van der Waals surface area contributed by atoms with Crippen LogP contribution in [-0.4, -0.2) is 65.6 Å². The zero-order chi connectivity index (χ0) is 33.0. The van der Waals surface area contributed by atoms with Crippen molar-refractivity contribution in [3.8, 4) is 0 Å². The van der Waals surface area contributed by atoms with Gasteiger partial charge in [0.2, 0.25) is 0 Å². The standard InChI is InChI=1S/C33H62N2O8S2/c1-4-5-6-7-9-18-25-30(42-44(2,37)38)31(43-45(3,39)40)26-19-10-8-11-20-27-32(36)41-33(34-28-21-14-12-15-22-28)35-29-23-16-13-17-24-29/h28-31H,4-27H2,1-3H3,(H,34,35)/t30-,31-/m0/s1. The Morgan fingerprint density at radius 2 is 1.16 bits per heavy atom. The van der Waals surface area contributed by atoms with Crippen molar-refractivity contribution in [2.45, 2.75) is 185 Å². The smallest absolute Gasteiger partial charge is 0.313 e. The Bertz CT molecular complexity index is 1050. The van der Waals surface area contributed by atoms with Gasteiger partial charge in [-0.2, -0.15) is 16.8 Å². The number of nitrogens with one attached hydrogen (secondary N) is 1. The zero-order valence-corrected chi connectivity index (χ0v) is 29.9. The normalized spacial score (nSPS) is 18.9. The molecule has 0 amide bonds. The largest absolute Gasteiger partial charge is 0.393 e. The maximum atomic E-state index is 12.7. The Hall–Kier alpha value is -1.24. The van der Waals surface area contributed by atoms with Gasteiger partial charge in [-0.05, 0) is 44.9 Å². The number of carbonyl (C=O) groups excluding carboxylic acids is 1. The first-order valence-electron chi connectivity index (χ1n) is 17.8. The van der Waals surface area contributed by atoms with E-state index >= 15 is 0 Å². The van der Waals surface area contributed by atoms with Gasteiger partial charge in [-0.25, -0.2) is 4.99 Å². The summed E-state index contributed by atoms with van der Waals surface area (Å²) >= 11 is 0. The Kier molecular flexibility index (Phi) is 19.8. The van der Waals surface area contributed by atoms with Crippen molar-refractivity contribution in [1.82, 2.24) is 5.32 Å². The molecular weight excluding hydrogens is 617 g/mol. The van der Waals surface area contributed by atoms with Crippen molar-refractivity contribution in [3.05, 3.63) is 0 Å². The topological polar surface area (TPSA) is 137 Å². The molecular formula is C33H62N2O8S2. The second kappa shape index (κ2) is 22.4. The number of aliphatic imine (C=N–C) groups is 1. The van der Waals surface area contributed by atoms with Gasteiger partial charge in [0, 0.05) is 12.5 Å². The van der Waals surface area contributed by atoms with Gasteiger partial charge < -0.3 is 10.1 Å². The van der Waals surface area contributed by atoms with Crippen LogP contribution in [0.25, 0.3) is 0 Å². The molecule has 2 rings (SSSR count). The molecule has 0 radical (unpaired) electrons. The van der Waals surface area contributed by atoms with Gasteiger partial charge >= 0.3 is 5.97 Å². The van der Waals surface area contributed by atoms with E-state index in [2.05, 4.69) is 12.2 Å². The Morgan fingerprint density at radius 3 is 1.67 bits per heavy atom. The van der Waals surface area contributed by atoms with Crippen LogP contribution in [0, 0.1) is 0 Å². The van der Waals surface area contributed by atoms with Crippen LogP contribution in [0.3, 0.4) is 0 Å². The fraction of sp³-hybridized carbons (Fsp3) is 0.939. The lowest BCUT2D eigenvalue weighted by molar-refractivity contribution is -0.136. The molecule has 2 aliphatic rings. The molecule has 0 bridgehead atoms. The van der Waals surface area contributed by atoms with E-state index in [1.807, 2.05) is 0 Å². The van der Waals surface area contributed by atoms with Crippen molar-refractivity contribution in [3.63, 3.8) is 0 Å². The second-order valence-corrected chi connectivity index (χ2v) is 16.4. The minimum Gasteiger partial charge on any atom is -0.393 e. The lowest BCUT2D eigenvalue weighted by atomic mass is 9.95. The maximum absolute atomic E-state index is 12.7. The van der Waals surface area contributed by atoms with E-state index in [1.54, 1.807) is 0 Å². The maximum Gasteiger partial charge on any atom is 0.313 e. The number of carbonyl (C=O) groups is 1. The average molecular weight is 679 g/mol. The summed E-state index contributed by atoms with van der Waals surface area (Å²) in [5, 5.41) is 3.43. The molecule has 0 unspecified atom stereocenters. The Labute approximate surface area is 274 Å². The first kappa shape index (κ1) is 39.9. The SMILES string of the molecule is CCCCCCCC[C@H](OS(C)(=O)=O)[C@H](CCCCCCCC(=O)OC(=NC1CCCCC1)NC1CCCCC1)OS(C)(=O)=O. The highest BCUT2D eigenvalue weighted by atomic mass is 32.2. The molecule has 2 atom stereocenters. The van der Waals surface area contributed by atoms with Crippen molar-refractivity contribution in [2.24, 2.45) is 4.99 Å². The van der Waals surface area contributed by atoms with Crippen LogP contribution in [-0.2, 0) is 38.1 Å². The lowest BCUT2D eigenvalue weighted by Crippen LogP contribution is -2.39. The monoisotopic (exact) mass is 678 g/mol. The van der Waals surface area contributed by atoms with Gasteiger partial charge in [-0.1, -0.05) is 110 Å². The van der Waals surface area contributed by atoms with Crippen LogP contribution in [0.15, 0.2) is 4.99 Å². The molecule has 0 aromatic heterocycles. The predicted molar refractivity (Wildman–Crippen MR) is 180 cm³/mol. The molecule has 0 aromatic carbocycles. The summed E-state index contributed by atoms with van der Waals surface area (Å²) in [5.41, 5.74) is 0. The molecule has 1 N–H and O–H groups in total. The number of hydrogen-bond donors (Lipinski definition) is 1. The van der Waals surface area contributed by atoms with E-state index in [4.69, 9.17) is 18.1 Å². The first-order chi connectivity index (χ1) is 21.4. The van der Waals surface area contributed by atoms with E-state index in [0.717, 1.165) is 96.0 Å². The van der Waals surface area contributed by atoms with E-state index in [0.29, 0.717) is 44.2 Å². The molecule has 10 nitrogen and oxygen atoms in total. The van der Waals surface area contributed by atoms with Crippen LogP contribution in [0.2, 0.25) is 0 Å². The van der Waals surface area contributed by atoms with E-state index in [1.165, 1.54) is 38.5 Å². The van der Waals surface area contributed by atoms with Gasteiger partial charge in [-0.3, -0.25) is 13.2 Å². The molecule has 12 heteroatoms. The summed E-state index contributed by atoms with van der Waals surface area (Å²) in [4.78, 5) is 17.5. The van der Waals surface area contributed by atoms with Crippen LogP contribution >= 0.6 is 0 Å². The fourth-order valence-corrected chi connectivity index (χ4v) is 7.70. The van der Waals surface area contributed by atoms with Gasteiger partial charge in [0.1, 0.15) is 12.2 Å². The highest BCUT2D eigenvalue weighted by Crippen LogP contribution is 2.24. The number of nitrogens with zero attached hydrogens (tertiary/aromatic N) is 1. The van der Waals surface area contributed by atoms with E-state index in [9.17, 15) is 21.6 Å². The minimum atomic E-state index is -3.80. The summed E-state index contributed by atoms with van der Waals surface area (Å²) in [7, 11) is -7.58. The Balaban J connectivity index is 1.79. The lowest BCUT2D eigenvalue weighted by Gasteiger charge is -2.25. The first-order valence-corrected chi connectivity index (χ1v) is 21.4. The van der Waals surface area contributed by atoms with Crippen LogP contribution < -0.4 is 5.32 Å². The number of esters is 1. The predicted octanol–water partition coefficient (Wildman–Crippen LogP) is 7.31. The van der Waals surface area contributed by atoms with Crippen molar-refractivity contribution < 1.29 is 34.7 Å². The molecule has 0 heterocycles. The third kappa shape index (κ3) is 20.6. The quantitative estimate of drug-likeness (QED) is 0.0411. The number of hydrogen-bond acceptors (Lipinski definition) is 9. The zero-order valence-electron chi connectivity index (χ0n) is 28.3. The molecule has 2 saturated carbocycles. The van der Waals surface area contributed by atoms with Crippen molar-refractivity contribution in [2.75, 3.05) is 12.5 Å². The minimum absolute atomic E-state index is 0.223. The molecule has 0 spiro atoms. The van der Waals surface area contributed by atoms with Crippen LogP contribution in [0.1, 0.15) is 161 Å². The summed E-state index contributed by atoms with van der Waals surface area (Å²) < 4.78 is 64.4. The Morgan fingerprint density at radius 1 is 0.689 bits per heavy atom. The average Bonchev–Trinajstić information content (AvgIpc) is 2.97. The molecule has 0 saturated heterocycles. The molecule has 264 valence electrons. The van der Waals surface area contributed by atoms with Gasteiger partial charge in [0.25, 0.3) is 26.3 Å². The summed E-state index contributed by atoms with van der Waals surface area (Å²) in [5.74, 6) is -0.259. The highest BCUT2D eigenvalue weighted by molar-refractivity contribution is 7.86. The third-order valence-corrected chi connectivity index (χ3v) is 9.93. The second-order valence-electron chi connectivity index (χ2n) is 13.2. The van der Waals surface area contributed by atoms with Gasteiger partial charge in [0.05, 0.1) is 18.6 Å². The van der Waals surface area contributed by atoms with Crippen LogP contribution in [0.4, 0.5) is 0 Å². The van der Waals surface area contributed by atoms with E-state index in [-0.39, 0.29) is 12.0 Å². The summed E-state index contributed by atoms with van der Waals surface area (Å²) in [6.45, 7) is 2.15. The number of amidine groups is 1. The fourth-order valence-electron chi connectivity index (χ4n) is 6.36. The molecule has 2 aliphatic carbocycles. The third-order valence-electron chi connectivity index (χ3n) is 8.74. The van der Waals surface area contributed by atoms with Gasteiger partial charge in [-0.15, -0.1) is 0 Å². The van der Waals surface area contributed by atoms with Crippen molar-refractivity contribution >= 4 is 32.2 Å². The van der Waals surface area contributed by atoms with Gasteiger partial charge in [0.15, 0.2) is 0 Å². The van der Waals surface area contributed by atoms with Crippen molar-refractivity contribution in [1.29, 1.82) is 0 Å². The molecule has 0 aliphatic heterocycles. The molecule has 0 aromatic rings. The molecule has 2 fully saturated rings. The number of unbranched alkanes of at least 4 members (excludes halogenated alkanes) is 9. The number of ether oxygens (including phenoxy) is 1. The summed E-state index contributed by atoms with van der Waals surface area (Å²) in [6, 6.07) is 0.946. The number of rotatable bonds is 22. The van der Waals surface area contributed by atoms with Crippen LogP contribution in [0.5, 0.6) is 0 Å².